The van der Waals surface area contributed by atoms with Gasteiger partial charge in [-0.3, -0.25) is 0 Å². The quantitative estimate of drug-likeness (QED) is 0.312. The van der Waals surface area contributed by atoms with Crippen molar-refractivity contribution in [2.24, 2.45) is 0 Å². The van der Waals surface area contributed by atoms with Gasteiger partial charge in [0.1, 0.15) is 0 Å². The van der Waals surface area contributed by atoms with Crippen LogP contribution in [0.2, 0.25) is 0 Å². The second-order valence-electron chi connectivity index (χ2n) is 23.5. The molecule has 0 fully saturated rings. The molecule has 0 bridgehead atoms. The highest BCUT2D eigenvalue weighted by Crippen LogP contribution is 2.54. The van der Waals surface area contributed by atoms with E-state index in [0.29, 0.717) is 5.92 Å². The number of hydrogen-bond acceptors (Lipinski definition) is 0. The van der Waals surface area contributed by atoms with E-state index in [1.165, 1.54) is 16.7 Å². The first-order valence-corrected chi connectivity index (χ1v) is 18.8. The monoisotopic (exact) mass is 645 g/mol. The maximum Gasteiger partial charge on any atom is -0.0126 e. The van der Waals surface area contributed by atoms with E-state index in [9.17, 15) is 0 Å². The van der Waals surface area contributed by atoms with Gasteiger partial charge in [0.05, 0.1) is 0 Å². The number of benzene rings is 2. The molecule has 0 radical (unpaired) electrons. The molecule has 0 saturated carbocycles. The van der Waals surface area contributed by atoms with Crippen molar-refractivity contribution in [1.82, 2.24) is 0 Å². The van der Waals surface area contributed by atoms with Crippen LogP contribution >= 0.6 is 0 Å². The Hall–Kier alpha value is -1.56. The van der Waals surface area contributed by atoms with Gasteiger partial charge >= 0.3 is 0 Å². The van der Waals surface area contributed by atoms with Crippen molar-refractivity contribution in [2.75, 3.05) is 0 Å². The Kier molecular flexibility index (Phi) is 10.9. The lowest BCUT2D eigenvalue weighted by atomic mass is 9.57. The molecule has 0 aromatic heterocycles. The van der Waals surface area contributed by atoms with Crippen molar-refractivity contribution in [2.45, 2.75) is 229 Å². The zero-order chi connectivity index (χ0) is 37.5. The number of hydrogen-bond donors (Lipinski definition) is 0. The van der Waals surface area contributed by atoms with Crippen LogP contribution in [0.15, 0.2) is 12.1 Å². The van der Waals surface area contributed by atoms with Crippen LogP contribution in [0.1, 0.15) is 235 Å². The molecule has 1 unspecified atom stereocenters. The van der Waals surface area contributed by atoms with Crippen molar-refractivity contribution in [3.63, 3.8) is 0 Å². The molecular formula is C47H80. The van der Waals surface area contributed by atoms with Gasteiger partial charge in [0.25, 0.3) is 0 Å². The van der Waals surface area contributed by atoms with Crippen LogP contribution < -0.4 is 0 Å². The first kappa shape index (κ1) is 41.6. The lowest BCUT2D eigenvalue weighted by Gasteiger charge is -2.47. The van der Waals surface area contributed by atoms with Crippen LogP contribution in [0.3, 0.4) is 0 Å². The second kappa shape index (κ2) is 12.3. The molecule has 0 nitrogen and oxygen atoms in total. The molecule has 2 rings (SSSR count). The van der Waals surface area contributed by atoms with Crippen LogP contribution in [0, 0.1) is 0 Å². The van der Waals surface area contributed by atoms with E-state index in [2.05, 4.69) is 185 Å². The van der Waals surface area contributed by atoms with Gasteiger partial charge in [0.15, 0.2) is 0 Å². The predicted octanol–water partition coefficient (Wildman–Crippen LogP) is 14.4. The Morgan fingerprint density at radius 3 is 0.915 bits per heavy atom. The summed E-state index contributed by atoms with van der Waals surface area (Å²) in [5, 5.41) is 0. The molecule has 268 valence electrons. The maximum absolute atomic E-state index is 2.60. The third-order valence-electron chi connectivity index (χ3n) is 9.95. The molecule has 0 heteroatoms. The Balaban J connectivity index is 3.43. The summed E-state index contributed by atoms with van der Waals surface area (Å²) in [6.45, 7) is 61.2. The summed E-state index contributed by atoms with van der Waals surface area (Å²) in [6, 6.07) is 5.14. The van der Waals surface area contributed by atoms with E-state index in [4.69, 9.17) is 0 Å². The fourth-order valence-corrected chi connectivity index (χ4v) is 8.28. The molecule has 0 saturated heterocycles. The fraction of sp³-hybridized carbons (Fsp3) is 0.745. The van der Waals surface area contributed by atoms with Gasteiger partial charge < -0.3 is 0 Å². The Labute approximate surface area is 295 Å². The summed E-state index contributed by atoms with van der Waals surface area (Å²) < 4.78 is 0. The Bertz CT molecular complexity index is 1380. The molecule has 0 aliphatic rings. The minimum atomic E-state index is -0.0146. The second-order valence-corrected chi connectivity index (χ2v) is 23.5. The summed E-state index contributed by atoms with van der Waals surface area (Å²) in [6.07, 6.45) is 1.04. The SMILES string of the molecule is CC(Cc1cc(C(C)(C)C)cc(C(C)(C)C)c1C(C)(C)C)c1c(C(C)(C)C)c(C(C)(C)C)c(C(C)(C)C)c(C(C)(C)C)c1C(C)(C)C. The molecule has 0 spiro atoms. The van der Waals surface area contributed by atoms with Gasteiger partial charge in [0, 0.05) is 0 Å². The molecular weight excluding hydrogens is 565 g/mol. The van der Waals surface area contributed by atoms with Gasteiger partial charge in [-0.15, -0.1) is 0 Å². The normalized spacial score (nSPS) is 15.3. The molecule has 0 aliphatic heterocycles. The average Bonchev–Trinajstić information content (AvgIpc) is 2.76. The van der Waals surface area contributed by atoms with Crippen LogP contribution in [0.4, 0.5) is 0 Å². The molecule has 0 aliphatic carbocycles. The number of rotatable bonds is 3. The zero-order valence-corrected chi connectivity index (χ0v) is 36.4. The molecule has 2 aromatic rings. The highest BCUT2D eigenvalue weighted by molar-refractivity contribution is 5.64. The highest BCUT2D eigenvalue weighted by atomic mass is 14.5. The van der Waals surface area contributed by atoms with E-state index in [1.807, 2.05) is 0 Å². The van der Waals surface area contributed by atoms with Crippen molar-refractivity contribution >= 4 is 0 Å². The minimum Gasteiger partial charge on any atom is -0.0581 e. The van der Waals surface area contributed by atoms with E-state index >= 15 is 0 Å². The minimum absolute atomic E-state index is 0.00175. The van der Waals surface area contributed by atoms with Gasteiger partial charge in [0.2, 0.25) is 0 Å². The maximum atomic E-state index is 2.60. The van der Waals surface area contributed by atoms with Crippen molar-refractivity contribution in [1.29, 1.82) is 0 Å². The topological polar surface area (TPSA) is 0 Å². The average molecular weight is 645 g/mol. The van der Waals surface area contributed by atoms with Gasteiger partial charge in [-0.2, -0.15) is 0 Å². The summed E-state index contributed by atoms with van der Waals surface area (Å²) in [5.41, 5.74) is 15.8. The molecule has 0 heterocycles. The summed E-state index contributed by atoms with van der Waals surface area (Å²) >= 11 is 0. The molecule has 0 amide bonds. The highest BCUT2D eigenvalue weighted by Gasteiger charge is 2.43. The van der Waals surface area contributed by atoms with E-state index in [1.54, 1.807) is 38.9 Å². The van der Waals surface area contributed by atoms with Crippen molar-refractivity contribution in [3.05, 3.63) is 67.8 Å². The van der Waals surface area contributed by atoms with Crippen molar-refractivity contribution < 1.29 is 0 Å². The first-order valence-electron chi connectivity index (χ1n) is 18.8. The van der Waals surface area contributed by atoms with Gasteiger partial charge in [-0.25, -0.2) is 0 Å². The standard InChI is InChI=1S/C47H80/c1-29(26-30-27-31(40(2,3)4)28-32(41(5,6)7)34(30)42(8,9)10)33-35(43(11,12)13)37(45(17,18)19)39(47(23,24)25)38(46(20,21)22)36(33)44(14,15)16/h27-29H,26H2,1-25H3. The van der Waals surface area contributed by atoms with Crippen LogP contribution in [-0.2, 0) is 49.7 Å². The largest absolute Gasteiger partial charge is 0.0581 e. The van der Waals surface area contributed by atoms with Crippen LogP contribution in [0.25, 0.3) is 0 Å². The third-order valence-corrected chi connectivity index (χ3v) is 9.95. The van der Waals surface area contributed by atoms with Crippen LogP contribution in [-0.4, -0.2) is 0 Å². The molecule has 2 aromatic carbocycles. The van der Waals surface area contributed by atoms with E-state index < -0.39 is 0 Å². The van der Waals surface area contributed by atoms with Crippen LogP contribution in [0.5, 0.6) is 0 Å². The predicted molar refractivity (Wildman–Crippen MR) is 215 cm³/mol. The summed E-state index contributed by atoms with van der Waals surface area (Å²) in [7, 11) is 0. The summed E-state index contributed by atoms with van der Waals surface area (Å²) in [4.78, 5) is 0. The Morgan fingerprint density at radius 1 is 0.362 bits per heavy atom. The van der Waals surface area contributed by atoms with Crippen molar-refractivity contribution in [3.8, 4) is 0 Å². The van der Waals surface area contributed by atoms with Gasteiger partial charge in [-0.1, -0.05) is 185 Å². The van der Waals surface area contributed by atoms with E-state index in [0.717, 1.165) is 6.42 Å². The zero-order valence-electron chi connectivity index (χ0n) is 36.4. The Morgan fingerprint density at radius 2 is 0.660 bits per heavy atom. The fourth-order valence-electron chi connectivity index (χ4n) is 8.28. The lowest BCUT2D eigenvalue weighted by Crippen LogP contribution is -2.38. The smallest absolute Gasteiger partial charge is 0.0126 e. The molecule has 1 atom stereocenters. The first-order chi connectivity index (χ1) is 20.3. The summed E-state index contributed by atoms with van der Waals surface area (Å²) in [5.74, 6) is 0.346. The van der Waals surface area contributed by atoms with Gasteiger partial charge in [-0.05, 0) is 111 Å². The van der Waals surface area contributed by atoms with E-state index in [-0.39, 0.29) is 43.3 Å². The molecule has 0 N–H and O–H groups in total. The lowest BCUT2D eigenvalue weighted by molar-refractivity contribution is 0.448. The molecule has 47 heavy (non-hydrogen) atoms. The third kappa shape index (κ3) is 8.97.